The highest BCUT2D eigenvalue weighted by molar-refractivity contribution is 6.33. The number of carbonyl (C=O) groups is 1. The summed E-state index contributed by atoms with van der Waals surface area (Å²) in [6.07, 6.45) is 2.41. The van der Waals surface area contributed by atoms with Crippen molar-refractivity contribution in [1.29, 1.82) is 0 Å². The van der Waals surface area contributed by atoms with Gasteiger partial charge in [-0.15, -0.1) is 0 Å². The maximum Gasteiger partial charge on any atom is 0.256 e. The number of pyridine rings is 1. The zero-order valence-corrected chi connectivity index (χ0v) is 18.9. The Hall–Kier alpha value is -3.38. The maximum absolute atomic E-state index is 12.7. The predicted molar refractivity (Wildman–Crippen MR) is 126 cm³/mol. The smallest absolute Gasteiger partial charge is 0.256 e. The van der Waals surface area contributed by atoms with Crippen molar-refractivity contribution in [2.45, 2.75) is 26.8 Å². The molecule has 0 spiro atoms. The molecule has 32 heavy (non-hydrogen) atoms. The summed E-state index contributed by atoms with van der Waals surface area (Å²) in [5.41, 5.74) is 4.13. The fraction of sp³-hybridized carbons (Fsp3) is 0.240. The minimum absolute atomic E-state index is 0.227. The molecule has 0 bridgehead atoms. The molecule has 0 aliphatic carbocycles. The topological polar surface area (TPSA) is 69.0 Å². The Bertz CT molecular complexity index is 1230. The van der Waals surface area contributed by atoms with Crippen LogP contribution >= 0.6 is 11.6 Å². The zero-order valence-electron chi connectivity index (χ0n) is 18.1. The summed E-state index contributed by atoms with van der Waals surface area (Å²) in [5, 5.41) is 8.75. The summed E-state index contributed by atoms with van der Waals surface area (Å²) in [5.74, 6) is 0.514. The van der Waals surface area contributed by atoms with Crippen molar-refractivity contribution >= 4 is 28.4 Å². The number of benzene rings is 2. The lowest BCUT2D eigenvalue weighted by molar-refractivity contribution is 0.0951. The lowest BCUT2D eigenvalue weighted by atomic mass is 10.1. The van der Waals surface area contributed by atoms with Crippen molar-refractivity contribution in [2.24, 2.45) is 0 Å². The van der Waals surface area contributed by atoms with E-state index in [4.69, 9.17) is 16.3 Å². The number of ether oxygens (including phenoxy) is 1. The number of nitrogens with one attached hydrogen (secondary N) is 1. The van der Waals surface area contributed by atoms with Crippen LogP contribution in [0.5, 0.6) is 5.75 Å². The Morgan fingerprint density at radius 2 is 1.88 bits per heavy atom. The minimum atomic E-state index is -0.227. The van der Waals surface area contributed by atoms with Gasteiger partial charge in [-0.25, -0.2) is 4.68 Å². The number of carbonyl (C=O) groups excluding carboxylic acids is 1. The molecule has 0 fully saturated rings. The molecule has 6 nitrogen and oxygen atoms in total. The Morgan fingerprint density at radius 1 is 1.09 bits per heavy atom. The molecule has 0 atom stereocenters. The highest BCUT2D eigenvalue weighted by Gasteiger charge is 2.20. The normalized spacial score (nSPS) is 11.0. The molecule has 0 saturated heterocycles. The van der Waals surface area contributed by atoms with Gasteiger partial charge in [0.2, 0.25) is 0 Å². The van der Waals surface area contributed by atoms with Gasteiger partial charge in [0.05, 0.1) is 24.4 Å². The fourth-order valence-corrected chi connectivity index (χ4v) is 3.84. The van der Waals surface area contributed by atoms with Gasteiger partial charge in [0, 0.05) is 18.1 Å². The molecule has 1 N–H and O–H groups in total. The van der Waals surface area contributed by atoms with Crippen molar-refractivity contribution in [3.8, 4) is 5.75 Å². The molecule has 0 radical (unpaired) electrons. The molecule has 4 rings (SSSR count). The number of rotatable bonds is 8. The van der Waals surface area contributed by atoms with Crippen LogP contribution in [0.15, 0.2) is 60.8 Å². The molecule has 1 amide bonds. The minimum Gasteiger partial charge on any atom is -0.491 e. The van der Waals surface area contributed by atoms with E-state index in [9.17, 15) is 4.79 Å². The van der Waals surface area contributed by atoms with Gasteiger partial charge in [-0.3, -0.25) is 9.78 Å². The van der Waals surface area contributed by atoms with Crippen molar-refractivity contribution in [3.63, 3.8) is 0 Å². The van der Waals surface area contributed by atoms with Gasteiger partial charge in [-0.05, 0) is 38.0 Å². The lowest BCUT2D eigenvalue weighted by Crippen LogP contribution is -2.26. The maximum atomic E-state index is 12.7. The molecule has 2 aromatic carbocycles. The Labute approximate surface area is 192 Å². The summed E-state index contributed by atoms with van der Waals surface area (Å²) < 4.78 is 7.54. The van der Waals surface area contributed by atoms with Crippen LogP contribution in [0.2, 0.25) is 5.15 Å². The molecule has 0 saturated carbocycles. The SMILES string of the molecule is Cc1ccc(Cn2nc(C)c(C(=O)NCCCOc3cccc4cccnc34)c2Cl)cc1. The average Bonchev–Trinajstić information content (AvgIpc) is 3.07. The van der Waals surface area contributed by atoms with E-state index in [2.05, 4.69) is 15.4 Å². The Balaban J connectivity index is 1.31. The number of para-hydroxylation sites is 1. The number of hydrogen-bond acceptors (Lipinski definition) is 4. The molecule has 2 aromatic heterocycles. The quantitative estimate of drug-likeness (QED) is 0.387. The summed E-state index contributed by atoms with van der Waals surface area (Å²) >= 11 is 6.49. The first-order valence-electron chi connectivity index (χ1n) is 10.6. The standard InChI is InChI=1S/C25H25ClN4O2/c1-17-9-11-19(12-10-17)16-30-24(26)22(18(2)29-30)25(31)28-14-5-15-32-21-8-3-6-20-7-4-13-27-23(20)21/h3-4,6-13H,5,14-16H2,1-2H3,(H,28,31). The first-order valence-corrected chi connectivity index (χ1v) is 10.9. The Morgan fingerprint density at radius 3 is 2.69 bits per heavy atom. The second-order valence-corrected chi connectivity index (χ2v) is 8.04. The molecule has 0 aliphatic rings. The van der Waals surface area contributed by atoms with Gasteiger partial charge in [0.15, 0.2) is 0 Å². The monoisotopic (exact) mass is 448 g/mol. The van der Waals surface area contributed by atoms with Crippen molar-refractivity contribution < 1.29 is 9.53 Å². The van der Waals surface area contributed by atoms with Crippen LogP contribution < -0.4 is 10.1 Å². The Kier molecular flexibility index (Phi) is 6.71. The molecule has 2 heterocycles. The summed E-state index contributed by atoms with van der Waals surface area (Å²) in [7, 11) is 0. The number of nitrogens with zero attached hydrogens (tertiary/aromatic N) is 3. The molecule has 0 unspecified atom stereocenters. The van der Waals surface area contributed by atoms with Crippen LogP contribution in [-0.2, 0) is 6.54 Å². The third-order valence-corrected chi connectivity index (χ3v) is 5.59. The van der Waals surface area contributed by atoms with Crippen LogP contribution in [0.3, 0.4) is 0 Å². The highest BCUT2D eigenvalue weighted by Crippen LogP contribution is 2.23. The number of amides is 1. The van der Waals surface area contributed by atoms with E-state index in [0.29, 0.717) is 42.5 Å². The number of halogens is 1. The fourth-order valence-electron chi connectivity index (χ4n) is 3.52. The van der Waals surface area contributed by atoms with Gasteiger partial charge >= 0.3 is 0 Å². The lowest BCUT2D eigenvalue weighted by Gasteiger charge is -2.09. The number of aromatic nitrogens is 3. The van der Waals surface area contributed by atoms with E-state index in [-0.39, 0.29) is 5.91 Å². The van der Waals surface area contributed by atoms with E-state index in [1.807, 2.05) is 61.5 Å². The van der Waals surface area contributed by atoms with Crippen molar-refractivity contribution in [3.05, 3.63) is 88.3 Å². The first kappa shape index (κ1) is 21.8. The van der Waals surface area contributed by atoms with Crippen molar-refractivity contribution in [1.82, 2.24) is 20.1 Å². The van der Waals surface area contributed by atoms with Gasteiger partial charge in [0.25, 0.3) is 5.91 Å². The predicted octanol–water partition coefficient (Wildman–Crippen LogP) is 4.95. The van der Waals surface area contributed by atoms with Crippen molar-refractivity contribution in [2.75, 3.05) is 13.2 Å². The number of aryl methyl sites for hydroxylation is 2. The van der Waals surface area contributed by atoms with Crippen LogP contribution in [-0.4, -0.2) is 33.8 Å². The van der Waals surface area contributed by atoms with Crippen LogP contribution in [0, 0.1) is 13.8 Å². The van der Waals surface area contributed by atoms with E-state index >= 15 is 0 Å². The zero-order chi connectivity index (χ0) is 22.5. The molecular formula is C25H25ClN4O2. The van der Waals surface area contributed by atoms with E-state index in [1.165, 1.54) is 5.56 Å². The van der Waals surface area contributed by atoms with Gasteiger partial charge in [-0.1, -0.05) is 59.6 Å². The second-order valence-electron chi connectivity index (χ2n) is 7.68. The van der Waals surface area contributed by atoms with Crippen LogP contribution in [0.1, 0.15) is 33.6 Å². The summed E-state index contributed by atoms with van der Waals surface area (Å²) in [4.78, 5) is 17.1. The van der Waals surface area contributed by atoms with Gasteiger partial charge in [0.1, 0.15) is 16.4 Å². The van der Waals surface area contributed by atoms with Gasteiger partial charge in [-0.2, -0.15) is 5.10 Å². The largest absolute Gasteiger partial charge is 0.491 e. The molecular weight excluding hydrogens is 424 g/mol. The molecule has 0 aliphatic heterocycles. The molecule has 7 heteroatoms. The van der Waals surface area contributed by atoms with E-state index < -0.39 is 0 Å². The highest BCUT2D eigenvalue weighted by atomic mass is 35.5. The van der Waals surface area contributed by atoms with E-state index in [0.717, 1.165) is 22.2 Å². The summed E-state index contributed by atoms with van der Waals surface area (Å²) in [6, 6.07) is 17.9. The number of hydrogen-bond donors (Lipinski definition) is 1. The molecule has 164 valence electrons. The second kappa shape index (κ2) is 9.83. The van der Waals surface area contributed by atoms with Gasteiger partial charge < -0.3 is 10.1 Å². The van der Waals surface area contributed by atoms with Crippen LogP contribution in [0.4, 0.5) is 0 Å². The summed E-state index contributed by atoms with van der Waals surface area (Å²) in [6.45, 7) is 5.29. The first-order chi connectivity index (χ1) is 15.5. The third-order valence-electron chi connectivity index (χ3n) is 5.21. The number of fused-ring (bicyclic) bond motifs is 1. The van der Waals surface area contributed by atoms with Crippen LogP contribution in [0.25, 0.3) is 10.9 Å². The third kappa shape index (κ3) is 4.92. The average molecular weight is 449 g/mol. The van der Waals surface area contributed by atoms with E-state index in [1.54, 1.807) is 17.8 Å². The molecule has 4 aromatic rings.